The number of halogens is 3. The van der Waals surface area contributed by atoms with Crippen molar-refractivity contribution in [2.45, 2.75) is 43.7 Å². The maximum atomic E-state index is 16.1. The van der Waals surface area contributed by atoms with E-state index in [1.54, 1.807) is 0 Å². The number of hydrogen-bond donors (Lipinski definition) is 1. The van der Waals surface area contributed by atoms with Crippen LogP contribution in [0.1, 0.15) is 41.4 Å². The average molecular weight is 450 g/mol. The minimum Gasteiger partial charge on any atom is -0.456 e. The van der Waals surface area contributed by atoms with Crippen LogP contribution in [-0.4, -0.2) is 47.2 Å². The first-order valence-electron chi connectivity index (χ1n) is 9.94. The number of nitrogens with zero attached hydrogens (tertiary/aromatic N) is 3. The van der Waals surface area contributed by atoms with Crippen LogP contribution in [0.5, 0.6) is 5.88 Å². The second-order valence-electron chi connectivity index (χ2n) is 7.67. The minimum atomic E-state index is -2.44. The van der Waals surface area contributed by atoms with Crippen molar-refractivity contribution in [3.63, 3.8) is 0 Å². The molecule has 0 bridgehead atoms. The van der Waals surface area contributed by atoms with Gasteiger partial charge in [-0.25, -0.2) is 28.1 Å². The number of aromatic nitrogens is 2. The molecule has 1 aromatic carbocycles. The summed E-state index contributed by atoms with van der Waals surface area (Å²) in [7, 11) is 0. The van der Waals surface area contributed by atoms with E-state index in [2.05, 4.69) is 19.7 Å². The number of ketones is 1. The Bertz CT molecular complexity index is 1050. The summed E-state index contributed by atoms with van der Waals surface area (Å²) in [6, 6.07) is 3.64. The SMILES string of the molecule is C[C@]1(c2cc(CC(=O)c3cnc(OCF)cn3)ccc2F)N=C(N)O[C@@H]2CCCO[C@@]21F. The van der Waals surface area contributed by atoms with Gasteiger partial charge in [-0.2, -0.15) is 0 Å². The molecule has 2 aliphatic rings. The molecule has 3 atom stereocenters. The predicted molar refractivity (Wildman–Crippen MR) is 106 cm³/mol. The summed E-state index contributed by atoms with van der Waals surface area (Å²) in [4.78, 5) is 24.4. The normalized spacial score (nSPS) is 27.1. The standard InChI is InChI=1S/C21H21F3N4O4/c1-20(21(24)17(3-2-6-31-21)32-19(25)28-20)13-7-12(4-5-14(13)23)8-16(29)15-9-27-18(10-26-15)30-11-22/h4-5,7,9-10,17H,2-3,6,8,11H2,1H3,(H2,25,28)/t17-,20-,21+/m1/s1. The fraction of sp³-hybridized carbons (Fsp3) is 0.429. The van der Waals surface area contributed by atoms with E-state index < -0.39 is 36.0 Å². The number of rotatable bonds is 6. The van der Waals surface area contributed by atoms with Gasteiger partial charge in [0.25, 0.3) is 11.9 Å². The molecule has 0 unspecified atom stereocenters. The summed E-state index contributed by atoms with van der Waals surface area (Å²) in [5, 5.41) is 0. The van der Waals surface area contributed by atoms with Crippen molar-refractivity contribution in [3.8, 4) is 5.88 Å². The number of carbonyl (C=O) groups excluding carboxylic acids is 1. The van der Waals surface area contributed by atoms with Gasteiger partial charge in [0.2, 0.25) is 12.7 Å². The Hall–Kier alpha value is -3.21. The topological polar surface area (TPSA) is 109 Å². The molecule has 0 amide bonds. The van der Waals surface area contributed by atoms with Gasteiger partial charge < -0.3 is 19.9 Å². The minimum absolute atomic E-state index is 0.0132. The molecule has 0 saturated carbocycles. The summed E-state index contributed by atoms with van der Waals surface area (Å²) >= 11 is 0. The number of benzene rings is 1. The predicted octanol–water partition coefficient (Wildman–Crippen LogP) is 2.75. The van der Waals surface area contributed by atoms with Crippen molar-refractivity contribution in [2.75, 3.05) is 13.5 Å². The van der Waals surface area contributed by atoms with Crippen molar-refractivity contribution >= 4 is 11.8 Å². The van der Waals surface area contributed by atoms with Gasteiger partial charge in [0.15, 0.2) is 17.4 Å². The first-order valence-corrected chi connectivity index (χ1v) is 9.94. The largest absolute Gasteiger partial charge is 0.456 e. The fourth-order valence-corrected chi connectivity index (χ4v) is 3.99. The van der Waals surface area contributed by atoms with Crippen molar-refractivity contribution in [3.05, 3.63) is 53.2 Å². The molecule has 3 heterocycles. The molecule has 170 valence electrons. The Balaban J connectivity index is 1.65. The molecule has 1 aromatic heterocycles. The van der Waals surface area contributed by atoms with Gasteiger partial charge in [0.1, 0.15) is 11.5 Å². The van der Waals surface area contributed by atoms with Crippen LogP contribution in [-0.2, 0) is 21.4 Å². The molecule has 0 aliphatic carbocycles. The summed E-state index contributed by atoms with van der Waals surface area (Å²) in [6.07, 6.45) is 1.97. The van der Waals surface area contributed by atoms with E-state index in [9.17, 15) is 13.6 Å². The zero-order valence-electron chi connectivity index (χ0n) is 17.2. The van der Waals surface area contributed by atoms with Crippen LogP contribution in [0.4, 0.5) is 13.2 Å². The molecular formula is C21H21F3N4O4. The first kappa shape index (κ1) is 22.0. The highest BCUT2D eigenvalue weighted by Crippen LogP contribution is 2.49. The van der Waals surface area contributed by atoms with Crippen LogP contribution in [0.2, 0.25) is 0 Å². The second kappa shape index (κ2) is 8.38. The van der Waals surface area contributed by atoms with Crippen molar-refractivity contribution < 1.29 is 32.2 Å². The Kier molecular flexibility index (Phi) is 5.76. The van der Waals surface area contributed by atoms with E-state index in [0.717, 1.165) is 18.5 Å². The molecule has 4 rings (SSSR count). The zero-order chi connectivity index (χ0) is 22.9. The molecule has 0 spiro atoms. The lowest BCUT2D eigenvalue weighted by molar-refractivity contribution is -0.270. The lowest BCUT2D eigenvalue weighted by Gasteiger charge is -2.49. The monoisotopic (exact) mass is 450 g/mol. The highest BCUT2D eigenvalue weighted by atomic mass is 19.2. The van der Waals surface area contributed by atoms with Crippen LogP contribution in [0.3, 0.4) is 0 Å². The molecule has 2 N–H and O–H groups in total. The number of Topliss-reactive ketones (excluding diaryl/α,β-unsaturated/α-hetero) is 1. The van der Waals surface area contributed by atoms with Gasteiger partial charge in [0, 0.05) is 12.0 Å². The Labute approximate surface area is 181 Å². The van der Waals surface area contributed by atoms with Gasteiger partial charge in [0.05, 0.1) is 19.0 Å². The number of alkyl halides is 2. The number of ether oxygens (including phenoxy) is 3. The summed E-state index contributed by atoms with van der Waals surface area (Å²) < 4.78 is 58.5. The van der Waals surface area contributed by atoms with E-state index in [-0.39, 0.29) is 36.2 Å². The van der Waals surface area contributed by atoms with Crippen LogP contribution >= 0.6 is 0 Å². The number of nitrogens with two attached hydrogens (primary N) is 1. The smallest absolute Gasteiger partial charge is 0.283 e. The summed E-state index contributed by atoms with van der Waals surface area (Å²) in [6.45, 7) is 0.444. The van der Waals surface area contributed by atoms with Crippen LogP contribution < -0.4 is 10.5 Å². The third kappa shape index (κ3) is 3.77. The maximum absolute atomic E-state index is 16.1. The van der Waals surface area contributed by atoms with Crippen LogP contribution in [0.15, 0.2) is 35.6 Å². The summed E-state index contributed by atoms with van der Waals surface area (Å²) in [5.41, 5.74) is 4.25. The number of hydrogen-bond acceptors (Lipinski definition) is 8. The lowest BCUT2D eigenvalue weighted by atomic mass is 9.78. The van der Waals surface area contributed by atoms with E-state index in [1.165, 1.54) is 19.1 Å². The van der Waals surface area contributed by atoms with E-state index in [1.807, 2.05) is 0 Å². The number of amidine groups is 1. The van der Waals surface area contributed by atoms with Gasteiger partial charge in [-0.05, 0) is 37.5 Å². The van der Waals surface area contributed by atoms with Gasteiger partial charge >= 0.3 is 0 Å². The van der Waals surface area contributed by atoms with Crippen molar-refractivity contribution in [1.82, 2.24) is 9.97 Å². The number of fused-ring (bicyclic) bond motifs is 1. The number of carbonyl (C=O) groups is 1. The molecule has 0 radical (unpaired) electrons. The fourth-order valence-electron chi connectivity index (χ4n) is 3.99. The van der Waals surface area contributed by atoms with E-state index in [4.69, 9.17) is 15.2 Å². The lowest BCUT2D eigenvalue weighted by Crippen LogP contribution is -2.62. The Morgan fingerprint density at radius 3 is 2.88 bits per heavy atom. The highest BCUT2D eigenvalue weighted by Gasteiger charge is 2.63. The molecule has 32 heavy (non-hydrogen) atoms. The van der Waals surface area contributed by atoms with Crippen LogP contribution in [0, 0.1) is 5.82 Å². The molecule has 8 nitrogen and oxygen atoms in total. The average Bonchev–Trinajstić information content (AvgIpc) is 2.76. The number of aliphatic imine (C=N–C) groups is 1. The molecule has 2 aliphatic heterocycles. The third-order valence-electron chi connectivity index (χ3n) is 5.63. The Morgan fingerprint density at radius 1 is 1.34 bits per heavy atom. The van der Waals surface area contributed by atoms with Crippen molar-refractivity contribution in [2.24, 2.45) is 10.7 Å². The van der Waals surface area contributed by atoms with Gasteiger partial charge in [-0.15, -0.1) is 0 Å². The second-order valence-corrected chi connectivity index (χ2v) is 7.67. The van der Waals surface area contributed by atoms with Gasteiger partial charge in [-0.1, -0.05) is 6.07 Å². The summed E-state index contributed by atoms with van der Waals surface area (Å²) in [5.74, 6) is -3.65. The van der Waals surface area contributed by atoms with Gasteiger partial charge in [-0.3, -0.25) is 4.79 Å². The Morgan fingerprint density at radius 2 is 2.16 bits per heavy atom. The highest BCUT2D eigenvalue weighted by molar-refractivity contribution is 5.95. The maximum Gasteiger partial charge on any atom is 0.283 e. The molecule has 11 heteroatoms. The van der Waals surface area contributed by atoms with Crippen molar-refractivity contribution in [1.29, 1.82) is 0 Å². The first-order chi connectivity index (χ1) is 15.3. The molecule has 1 saturated heterocycles. The van der Waals surface area contributed by atoms with E-state index >= 15 is 4.39 Å². The zero-order valence-corrected chi connectivity index (χ0v) is 17.2. The third-order valence-corrected chi connectivity index (χ3v) is 5.63. The molecule has 2 aromatic rings. The van der Waals surface area contributed by atoms with E-state index in [0.29, 0.717) is 18.4 Å². The molecule has 1 fully saturated rings. The molecular weight excluding hydrogens is 429 g/mol. The van der Waals surface area contributed by atoms with Crippen LogP contribution in [0.25, 0.3) is 0 Å². The quantitative estimate of drug-likeness (QED) is 0.674.